The summed E-state index contributed by atoms with van der Waals surface area (Å²) in [6, 6.07) is 6.69. The number of benzene rings is 1. The molecule has 3 rings (SSSR count). The van der Waals surface area contributed by atoms with Gasteiger partial charge in [0, 0.05) is 6.54 Å². The molecule has 0 unspecified atom stereocenters. The van der Waals surface area contributed by atoms with Crippen molar-refractivity contribution in [1.29, 1.82) is 0 Å². The highest BCUT2D eigenvalue weighted by molar-refractivity contribution is 7.98. The third-order valence-electron chi connectivity index (χ3n) is 3.20. The van der Waals surface area contributed by atoms with E-state index in [2.05, 4.69) is 38.0 Å². The molecule has 120 valence electrons. The van der Waals surface area contributed by atoms with Gasteiger partial charge >= 0.3 is 0 Å². The van der Waals surface area contributed by atoms with Crippen LogP contribution < -0.4 is 0 Å². The Labute approximate surface area is 136 Å². The third-order valence-corrected chi connectivity index (χ3v) is 4.11. The standard InChI is InChI=1S/C13H16N8OS/c1-2-3-8-20-12(14-16-18-20)9-23-13-15-17-19-21(13)10-4-6-11(22)7-5-10/h4-7,22H,2-3,8-9H2,1H3. The van der Waals surface area contributed by atoms with Crippen molar-refractivity contribution in [2.75, 3.05) is 0 Å². The first-order chi connectivity index (χ1) is 11.3. The first-order valence-corrected chi connectivity index (χ1v) is 8.22. The van der Waals surface area contributed by atoms with Crippen LogP contribution in [-0.4, -0.2) is 45.5 Å². The van der Waals surface area contributed by atoms with Crippen LogP contribution in [0.4, 0.5) is 0 Å². The smallest absolute Gasteiger partial charge is 0.214 e. The van der Waals surface area contributed by atoms with E-state index in [0.717, 1.165) is 30.9 Å². The van der Waals surface area contributed by atoms with Crippen LogP contribution in [0.3, 0.4) is 0 Å². The van der Waals surface area contributed by atoms with Crippen LogP contribution in [-0.2, 0) is 12.3 Å². The molecule has 2 aromatic heterocycles. The highest BCUT2D eigenvalue weighted by Crippen LogP contribution is 2.22. The summed E-state index contributed by atoms with van der Waals surface area (Å²) in [5.41, 5.74) is 0.779. The van der Waals surface area contributed by atoms with Gasteiger partial charge in [0.2, 0.25) is 5.16 Å². The zero-order valence-electron chi connectivity index (χ0n) is 12.6. The van der Waals surface area contributed by atoms with Gasteiger partial charge in [0.05, 0.1) is 11.4 Å². The normalized spacial score (nSPS) is 11.0. The van der Waals surface area contributed by atoms with Crippen molar-refractivity contribution in [3.63, 3.8) is 0 Å². The van der Waals surface area contributed by atoms with Gasteiger partial charge < -0.3 is 5.11 Å². The number of nitrogens with zero attached hydrogens (tertiary/aromatic N) is 8. The van der Waals surface area contributed by atoms with Gasteiger partial charge in [-0.15, -0.1) is 10.2 Å². The highest BCUT2D eigenvalue weighted by atomic mass is 32.2. The van der Waals surface area contributed by atoms with Gasteiger partial charge in [0.15, 0.2) is 5.82 Å². The first kappa shape index (κ1) is 15.4. The van der Waals surface area contributed by atoms with E-state index in [1.54, 1.807) is 28.9 Å². The second-order valence-corrected chi connectivity index (χ2v) is 5.79. The molecule has 1 N–H and O–H groups in total. The summed E-state index contributed by atoms with van der Waals surface area (Å²) in [7, 11) is 0. The van der Waals surface area contributed by atoms with Gasteiger partial charge in [-0.3, -0.25) is 0 Å². The lowest BCUT2D eigenvalue weighted by molar-refractivity contribution is 0.475. The molecule has 0 aliphatic heterocycles. The van der Waals surface area contributed by atoms with Crippen LogP contribution in [0, 0.1) is 0 Å². The number of tetrazole rings is 2. The number of hydrogen-bond donors (Lipinski definition) is 1. The van der Waals surface area contributed by atoms with Crippen molar-refractivity contribution in [1.82, 2.24) is 40.4 Å². The number of aryl methyl sites for hydroxylation is 1. The summed E-state index contributed by atoms with van der Waals surface area (Å²) in [6.45, 7) is 2.94. The molecule has 0 amide bonds. The second kappa shape index (κ2) is 7.18. The average molecular weight is 332 g/mol. The lowest BCUT2D eigenvalue weighted by atomic mass is 10.3. The Hall–Kier alpha value is -2.49. The minimum Gasteiger partial charge on any atom is -0.508 e. The summed E-state index contributed by atoms with van der Waals surface area (Å²) >= 11 is 1.46. The molecule has 0 bridgehead atoms. The first-order valence-electron chi connectivity index (χ1n) is 7.23. The predicted octanol–water partition coefficient (Wildman–Crippen LogP) is 1.45. The van der Waals surface area contributed by atoms with E-state index in [1.165, 1.54) is 11.8 Å². The molecule has 0 saturated heterocycles. The van der Waals surface area contributed by atoms with Crippen LogP contribution in [0.25, 0.3) is 5.69 Å². The molecule has 3 aromatic rings. The van der Waals surface area contributed by atoms with Crippen molar-refractivity contribution in [3.05, 3.63) is 30.1 Å². The number of hydrogen-bond acceptors (Lipinski definition) is 8. The SMILES string of the molecule is CCCCn1nnnc1CSc1nnnn1-c1ccc(O)cc1. The fraction of sp³-hybridized carbons (Fsp3) is 0.385. The van der Waals surface area contributed by atoms with Crippen molar-refractivity contribution in [2.24, 2.45) is 0 Å². The Bertz CT molecular complexity index is 753. The molecule has 0 fully saturated rings. The Kier molecular flexibility index (Phi) is 4.81. The maximum absolute atomic E-state index is 9.36. The van der Waals surface area contributed by atoms with Crippen LogP contribution in [0.1, 0.15) is 25.6 Å². The molecule has 10 heteroatoms. The summed E-state index contributed by atoms with van der Waals surface area (Å²) in [6.07, 6.45) is 2.12. The van der Waals surface area contributed by atoms with Crippen LogP contribution in [0.2, 0.25) is 0 Å². The van der Waals surface area contributed by atoms with Gasteiger partial charge in [0.1, 0.15) is 5.75 Å². The van der Waals surface area contributed by atoms with E-state index in [9.17, 15) is 5.11 Å². The largest absolute Gasteiger partial charge is 0.508 e. The van der Waals surface area contributed by atoms with E-state index >= 15 is 0 Å². The van der Waals surface area contributed by atoms with E-state index in [-0.39, 0.29) is 5.75 Å². The van der Waals surface area contributed by atoms with Gasteiger partial charge in [0.25, 0.3) is 0 Å². The van der Waals surface area contributed by atoms with Gasteiger partial charge in [-0.05, 0) is 51.5 Å². The summed E-state index contributed by atoms with van der Waals surface area (Å²) in [5, 5.41) is 33.5. The molecule has 1 aromatic carbocycles. The molecular weight excluding hydrogens is 316 g/mol. The van der Waals surface area contributed by atoms with Gasteiger partial charge in [-0.2, -0.15) is 4.68 Å². The molecule has 0 aliphatic carbocycles. The van der Waals surface area contributed by atoms with Crippen LogP contribution >= 0.6 is 11.8 Å². The second-order valence-electron chi connectivity index (χ2n) is 4.85. The number of phenols is 1. The zero-order chi connectivity index (χ0) is 16.1. The zero-order valence-corrected chi connectivity index (χ0v) is 13.4. The quantitative estimate of drug-likeness (QED) is 0.648. The lowest BCUT2D eigenvalue weighted by Gasteiger charge is -2.05. The monoisotopic (exact) mass is 332 g/mol. The predicted molar refractivity (Wildman–Crippen MR) is 83.1 cm³/mol. The van der Waals surface area contributed by atoms with Crippen LogP contribution in [0.15, 0.2) is 29.4 Å². The molecule has 0 radical (unpaired) electrons. The van der Waals surface area contributed by atoms with E-state index in [0.29, 0.717) is 10.9 Å². The van der Waals surface area contributed by atoms with E-state index in [1.807, 2.05) is 4.68 Å². The fourth-order valence-corrected chi connectivity index (χ4v) is 2.79. The van der Waals surface area contributed by atoms with Crippen LogP contribution in [0.5, 0.6) is 5.75 Å². The molecule has 0 saturated carbocycles. The minimum atomic E-state index is 0.200. The van der Waals surface area contributed by atoms with Gasteiger partial charge in [-0.1, -0.05) is 25.1 Å². The maximum Gasteiger partial charge on any atom is 0.214 e. The summed E-state index contributed by atoms with van der Waals surface area (Å²) in [5.74, 6) is 1.57. The summed E-state index contributed by atoms with van der Waals surface area (Å²) < 4.78 is 3.43. The molecule has 2 heterocycles. The van der Waals surface area contributed by atoms with Gasteiger partial charge in [-0.25, -0.2) is 4.68 Å². The number of aromatic nitrogens is 8. The number of thioether (sulfide) groups is 1. The molecule has 0 aliphatic rings. The Balaban J connectivity index is 1.71. The Morgan fingerprint density at radius 3 is 2.65 bits per heavy atom. The number of phenolic OH excluding ortho intramolecular Hbond substituents is 1. The van der Waals surface area contributed by atoms with E-state index < -0.39 is 0 Å². The van der Waals surface area contributed by atoms with Crippen molar-refractivity contribution in [2.45, 2.75) is 37.2 Å². The average Bonchev–Trinajstić information content (AvgIpc) is 3.20. The molecule has 0 atom stereocenters. The lowest BCUT2D eigenvalue weighted by Crippen LogP contribution is -2.05. The topological polar surface area (TPSA) is 107 Å². The fourth-order valence-electron chi connectivity index (χ4n) is 1.96. The Morgan fingerprint density at radius 2 is 1.87 bits per heavy atom. The Morgan fingerprint density at radius 1 is 1.09 bits per heavy atom. The molecule has 0 spiro atoms. The number of rotatable bonds is 7. The number of aromatic hydroxyl groups is 1. The van der Waals surface area contributed by atoms with E-state index in [4.69, 9.17) is 0 Å². The molecule has 9 nitrogen and oxygen atoms in total. The third kappa shape index (κ3) is 3.65. The van der Waals surface area contributed by atoms with Crippen molar-refractivity contribution < 1.29 is 5.11 Å². The molecular formula is C13H16N8OS. The molecule has 23 heavy (non-hydrogen) atoms. The van der Waals surface area contributed by atoms with Crippen molar-refractivity contribution in [3.8, 4) is 11.4 Å². The summed E-state index contributed by atoms with van der Waals surface area (Å²) in [4.78, 5) is 0. The minimum absolute atomic E-state index is 0.200. The maximum atomic E-state index is 9.36. The van der Waals surface area contributed by atoms with Crippen molar-refractivity contribution >= 4 is 11.8 Å². The number of unbranched alkanes of at least 4 members (excludes halogenated alkanes) is 1. The highest BCUT2D eigenvalue weighted by Gasteiger charge is 2.12.